The third kappa shape index (κ3) is 4.11. The number of rotatable bonds is 4. The van der Waals surface area contributed by atoms with Gasteiger partial charge >= 0.3 is 6.36 Å². The van der Waals surface area contributed by atoms with Crippen LogP contribution in [0.3, 0.4) is 0 Å². The number of carbonyl (C=O) groups excluding carboxylic acids is 1. The van der Waals surface area contributed by atoms with Gasteiger partial charge in [-0.1, -0.05) is 18.2 Å². The summed E-state index contributed by atoms with van der Waals surface area (Å²) in [4.78, 5) is 23.0. The van der Waals surface area contributed by atoms with Gasteiger partial charge in [0.05, 0.1) is 11.8 Å². The molecule has 5 rings (SSSR count). The van der Waals surface area contributed by atoms with Gasteiger partial charge in [-0.05, 0) is 41.8 Å². The number of benzene rings is 2. The van der Waals surface area contributed by atoms with Gasteiger partial charge in [-0.15, -0.1) is 13.2 Å². The molecule has 0 fully saturated rings. The first kappa shape index (κ1) is 20.9. The van der Waals surface area contributed by atoms with E-state index >= 15 is 0 Å². The Hall–Kier alpha value is -3.95. The van der Waals surface area contributed by atoms with Gasteiger partial charge in [0, 0.05) is 31.0 Å². The molecule has 7 nitrogen and oxygen atoms in total. The Kier molecular flexibility index (Phi) is 4.99. The number of aromatic nitrogens is 4. The lowest BCUT2D eigenvalue weighted by Crippen LogP contribution is -2.30. The topological polar surface area (TPSA) is 73.1 Å². The third-order valence-electron chi connectivity index (χ3n) is 5.54. The molecule has 33 heavy (non-hydrogen) atoms. The third-order valence-corrected chi connectivity index (χ3v) is 5.54. The van der Waals surface area contributed by atoms with E-state index in [0.717, 1.165) is 33.5 Å². The molecule has 0 aliphatic carbocycles. The number of fused-ring (bicyclic) bond motifs is 2. The molecule has 0 saturated heterocycles. The number of amides is 1. The maximum absolute atomic E-state index is 12.9. The second-order valence-electron chi connectivity index (χ2n) is 7.74. The van der Waals surface area contributed by atoms with Crippen LogP contribution in [0, 0.1) is 0 Å². The fourth-order valence-electron chi connectivity index (χ4n) is 4.14. The van der Waals surface area contributed by atoms with Crippen molar-refractivity contribution in [2.45, 2.75) is 19.2 Å². The first-order valence-electron chi connectivity index (χ1n) is 10.2. The fourth-order valence-corrected chi connectivity index (χ4v) is 4.14. The van der Waals surface area contributed by atoms with Crippen LogP contribution in [-0.2, 0) is 24.7 Å². The van der Waals surface area contributed by atoms with Gasteiger partial charge in [0.1, 0.15) is 17.8 Å². The molecule has 0 atom stereocenters. The van der Waals surface area contributed by atoms with Crippen molar-refractivity contribution in [2.75, 3.05) is 11.4 Å². The predicted octanol–water partition coefficient (Wildman–Crippen LogP) is 4.06. The predicted molar refractivity (Wildman–Crippen MR) is 115 cm³/mol. The van der Waals surface area contributed by atoms with E-state index in [1.807, 2.05) is 25.2 Å². The number of anilines is 1. The maximum atomic E-state index is 12.9. The summed E-state index contributed by atoms with van der Waals surface area (Å²) in [6, 6.07) is 11.3. The molecule has 2 aromatic carbocycles. The van der Waals surface area contributed by atoms with Crippen LogP contribution < -0.4 is 9.64 Å². The normalized spacial score (nSPS) is 13.4. The highest BCUT2D eigenvalue weighted by Gasteiger charge is 2.31. The quantitative estimate of drug-likeness (QED) is 0.466. The van der Waals surface area contributed by atoms with Crippen molar-refractivity contribution in [3.05, 3.63) is 66.1 Å². The van der Waals surface area contributed by atoms with Crippen LogP contribution in [0.25, 0.3) is 22.3 Å². The Labute approximate surface area is 186 Å². The van der Waals surface area contributed by atoms with E-state index in [-0.39, 0.29) is 18.1 Å². The second kappa shape index (κ2) is 7.88. The monoisotopic (exact) mass is 453 g/mol. The van der Waals surface area contributed by atoms with Gasteiger partial charge in [0.25, 0.3) is 0 Å². The Morgan fingerprint density at radius 3 is 2.85 bits per heavy atom. The molecule has 1 aliphatic rings. The van der Waals surface area contributed by atoms with Crippen LogP contribution in [0.2, 0.25) is 0 Å². The highest BCUT2D eigenvalue weighted by Crippen LogP contribution is 2.34. The minimum Gasteiger partial charge on any atom is -0.406 e. The summed E-state index contributed by atoms with van der Waals surface area (Å²) in [5, 5.41) is 5.41. The Bertz CT molecular complexity index is 1370. The summed E-state index contributed by atoms with van der Waals surface area (Å²) in [5.41, 5.74) is 4.65. The lowest BCUT2D eigenvalue weighted by molar-refractivity contribution is -0.274. The molecule has 0 bridgehead atoms. The van der Waals surface area contributed by atoms with Crippen molar-refractivity contribution in [3.63, 3.8) is 0 Å². The van der Waals surface area contributed by atoms with Crippen LogP contribution in [-0.4, -0.2) is 38.6 Å². The number of ether oxygens (including phenoxy) is 1. The zero-order valence-electron chi connectivity index (χ0n) is 17.5. The Balaban J connectivity index is 1.37. The van der Waals surface area contributed by atoms with E-state index < -0.39 is 6.36 Å². The maximum Gasteiger partial charge on any atom is 0.573 e. The summed E-state index contributed by atoms with van der Waals surface area (Å²) >= 11 is 0. The van der Waals surface area contributed by atoms with Gasteiger partial charge in [-0.3, -0.25) is 4.79 Å². The number of nitrogens with zero attached hydrogens (tertiary/aromatic N) is 5. The van der Waals surface area contributed by atoms with Crippen LogP contribution in [0.15, 0.2) is 55.0 Å². The lowest BCUT2D eigenvalue weighted by atomic mass is 10.0. The van der Waals surface area contributed by atoms with Crippen LogP contribution in [0.1, 0.15) is 11.1 Å². The van der Waals surface area contributed by atoms with E-state index in [4.69, 9.17) is 0 Å². The summed E-state index contributed by atoms with van der Waals surface area (Å²) < 4.78 is 43.1. The molecule has 0 unspecified atom stereocenters. The number of hydrogen-bond donors (Lipinski definition) is 0. The summed E-state index contributed by atoms with van der Waals surface area (Å²) in [6.45, 7) is 0.502. The first-order chi connectivity index (χ1) is 15.8. The van der Waals surface area contributed by atoms with Crippen LogP contribution >= 0.6 is 0 Å². The molecule has 2 aromatic heterocycles. The zero-order chi connectivity index (χ0) is 23.2. The molecule has 0 spiro atoms. The molecule has 10 heteroatoms. The minimum atomic E-state index is -4.78. The molecule has 0 N–H and O–H groups in total. The summed E-state index contributed by atoms with van der Waals surface area (Å²) in [7, 11) is 1.82. The molecule has 1 aliphatic heterocycles. The van der Waals surface area contributed by atoms with Crippen molar-refractivity contribution < 1.29 is 22.7 Å². The van der Waals surface area contributed by atoms with Crippen molar-refractivity contribution in [1.29, 1.82) is 0 Å². The van der Waals surface area contributed by atoms with Gasteiger partial charge in [-0.25, -0.2) is 14.6 Å². The largest absolute Gasteiger partial charge is 0.573 e. The minimum absolute atomic E-state index is 0.0293. The number of halogens is 3. The summed E-state index contributed by atoms with van der Waals surface area (Å²) in [6.07, 6.45) is -0.930. The molecule has 0 saturated carbocycles. The van der Waals surface area contributed by atoms with Gasteiger partial charge in [0.2, 0.25) is 5.91 Å². The highest BCUT2D eigenvalue weighted by atomic mass is 19.4. The van der Waals surface area contributed by atoms with Gasteiger partial charge < -0.3 is 9.64 Å². The Morgan fingerprint density at radius 2 is 2.03 bits per heavy atom. The zero-order valence-corrected chi connectivity index (χ0v) is 17.5. The first-order valence-corrected chi connectivity index (χ1v) is 10.2. The van der Waals surface area contributed by atoms with E-state index in [9.17, 15) is 18.0 Å². The standard InChI is InChI=1S/C23H18F3N5O2/c1-30-22-18(12-27-13-28-22)21(29-30)16-5-6-19-15(11-16)7-8-31(19)20(32)10-14-3-2-4-17(9-14)33-23(24,25)26/h2-6,9,11-13H,7-8,10H2,1H3. The van der Waals surface area contributed by atoms with E-state index in [0.29, 0.717) is 18.5 Å². The summed E-state index contributed by atoms with van der Waals surface area (Å²) in [5.74, 6) is -0.534. The van der Waals surface area contributed by atoms with Crippen LogP contribution in [0.4, 0.5) is 18.9 Å². The molecule has 0 radical (unpaired) electrons. The van der Waals surface area contributed by atoms with E-state index in [1.165, 1.54) is 24.5 Å². The molecule has 1 amide bonds. The highest BCUT2D eigenvalue weighted by molar-refractivity contribution is 5.98. The number of aryl methyl sites for hydroxylation is 1. The van der Waals surface area contributed by atoms with Crippen molar-refractivity contribution >= 4 is 22.6 Å². The lowest BCUT2D eigenvalue weighted by Gasteiger charge is -2.18. The Morgan fingerprint density at radius 1 is 1.18 bits per heavy atom. The average molecular weight is 453 g/mol. The van der Waals surface area contributed by atoms with E-state index in [1.54, 1.807) is 21.8 Å². The molecular weight excluding hydrogens is 435 g/mol. The van der Waals surface area contributed by atoms with Crippen molar-refractivity contribution in [1.82, 2.24) is 19.7 Å². The fraction of sp³-hybridized carbons (Fsp3) is 0.217. The van der Waals surface area contributed by atoms with E-state index in [2.05, 4.69) is 19.8 Å². The number of alkyl halides is 3. The second-order valence-corrected chi connectivity index (χ2v) is 7.74. The van der Waals surface area contributed by atoms with Gasteiger partial charge in [-0.2, -0.15) is 5.10 Å². The van der Waals surface area contributed by atoms with Crippen LogP contribution in [0.5, 0.6) is 5.75 Å². The number of hydrogen-bond acceptors (Lipinski definition) is 5. The van der Waals surface area contributed by atoms with Crippen molar-refractivity contribution in [3.8, 4) is 17.0 Å². The molecule has 3 heterocycles. The molecule has 168 valence electrons. The van der Waals surface area contributed by atoms with Crippen molar-refractivity contribution in [2.24, 2.45) is 7.05 Å². The average Bonchev–Trinajstić information content (AvgIpc) is 3.34. The number of carbonyl (C=O) groups is 1. The van der Waals surface area contributed by atoms with Gasteiger partial charge in [0.15, 0.2) is 5.65 Å². The smallest absolute Gasteiger partial charge is 0.406 e. The molecule has 4 aromatic rings. The SMILES string of the molecule is Cn1nc(-c2ccc3c(c2)CCN3C(=O)Cc2cccc(OC(F)(F)F)c2)c2cncnc21. The molecular formula is C23H18F3N5O2.